The molecule has 0 aliphatic carbocycles. The number of aliphatic hydroxyl groups is 1. The second-order valence-corrected chi connectivity index (χ2v) is 2.47. The van der Waals surface area contributed by atoms with Crippen molar-refractivity contribution in [1.29, 1.82) is 0 Å². The Morgan fingerprint density at radius 2 is 2.17 bits per heavy atom. The number of ether oxygens (including phenoxy) is 1. The van der Waals surface area contributed by atoms with Crippen molar-refractivity contribution in [1.82, 2.24) is 0 Å². The number of aliphatic hydroxyl groups excluding tert-OH is 1. The first-order chi connectivity index (χ1) is 5.77. The Kier molecular flexibility index (Phi) is 2.94. The SMILES string of the molecule is COc1ccc(O)cc1CCO. The van der Waals surface area contributed by atoms with E-state index in [1.165, 1.54) is 0 Å². The summed E-state index contributed by atoms with van der Waals surface area (Å²) < 4.78 is 5.03. The largest absolute Gasteiger partial charge is 0.508 e. The summed E-state index contributed by atoms with van der Waals surface area (Å²) in [4.78, 5) is 0. The first-order valence-corrected chi connectivity index (χ1v) is 3.74. The van der Waals surface area contributed by atoms with Crippen molar-refractivity contribution in [2.75, 3.05) is 13.7 Å². The fraction of sp³-hybridized carbons (Fsp3) is 0.333. The van der Waals surface area contributed by atoms with Gasteiger partial charge in [0.1, 0.15) is 11.5 Å². The summed E-state index contributed by atoms with van der Waals surface area (Å²) in [5.41, 5.74) is 0.819. The van der Waals surface area contributed by atoms with Gasteiger partial charge in [-0.15, -0.1) is 0 Å². The summed E-state index contributed by atoms with van der Waals surface area (Å²) >= 11 is 0. The lowest BCUT2D eigenvalue weighted by molar-refractivity contribution is 0.296. The van der Waals surface area contributed by atoms with Gasteiger partial charge in [-0.05, 0) is 24.6 Å². The van der Waals surface area contributed by atoms with Gasteiger partial charge in [-0.3, -0.25) is 0 Å². The number of aromatic hydroxyl groups is 1. The predicted octanol–water partition coefficient (Wildman–Crippen LogP) is 0.936. The molecule has 0 amide bonds. The van der Waals surface area contributed by atoms with Crippen molar-refractivity contribution < 1.29 is 14.9 Å². The highest BCUT2D eigenvalue weighted by molar-refractivity contribution is 5.39. The van der Waals surface area contributed by atoms with Crippen molar-refractivity contribution in [3.05, 3.63) is 23.8 Å². The van der Waals surface area contributed by atoms with E-state index in [1.807, 2.05) is 0 Å². The van der Waals surface area contributed by atoms with Crippen LogP contribution in [-0.2, 0) is 6.42 Å². The average Bonchev–Trinajstić information content (AvgIpc) is 2.05. The number of phenols is 1. The van der Waals surface area contributed by atoms with Crippen LogP contribution in [0.2, 0.25) is 0 Å². The molecule has 0 heterocycles. The maximum Gasteiger partial charge on any atom is 0.122 e. The topological polar surface area (TPSA) is 49.7 Å². The molecule has 0 radical (unpaired) electrons. The zero-order valence-electron chi connectivity index (χ0n) is 6.95. The highest BCUT2D eigenvalue weighted by Gasteiger charge is 2.02. The third-order valence-electron chi connectivity index (χ3n) is 1.65. The molecule has 0 bridgehead atoms. The Balaban J connectivity index is 2.95. The summed E-state index contributed by atoms with van der Waals surface area (Å²) in [5, 5.41) is 17.8. The van der Waals surface area contributed by atoms with Gasteiger partial charge in [0.05, 0.1) is 7.11 Å². The minimum Gasteiger partial charge on any atom is -0.508 e. The molecule has 0 unspecified atom stereocenters. The van der Waals surface area contributed by atoms with Crippen molar-refractivity contribution in [3.8, 4) is 11.5 Å². The molecule has 3 nitrogen and oxygen atoms in total. The molecule has 1 aromatic carbocycles. The molecule has 0 aromatic heterocycles. The lowest BCUT2D eigenvalue weighted by Crippen LogP contribution is -1.94. The fourth-order valence-corrected chi connectivity index (χ4v) is 1.08. The van der Waals surface area contributed by atoms with E-state index in [0.717, 1.165) is 5.56 Å². The molecule has 12 heavy (non-hydrogen) atoms. The quantitative estimate of drug-likeness (QED) is 0.706. The molecular weight excluding hydrogens is 156 g/mol. The Morgan fingerprint density at radius 1 is 1.42 bits per heavy atom. The second kappa shape index (κ2) is 3.97. The number of hydrogen-bond donors (Lipinski definition) is 2. The first-order valence-electron chi connectivity index (χ1n) is 3.74. The molecule has 0 saturated carbocycles. The molecule has 66 valence electrons. The van der Waals surface area contributed by atoms with Crippen LogP contribution in [0.4, 0.5) is 0 Å². The molecular formula is C9H12O3. The third kappa shape index (κ3) is 1.89. The van der Waals surface area contributed by atoms with Crippen LogP contribution in [0.1, 0.15) is 5.56 Å². The van der Waals surface area contributed by atoms with E-state index in [0.29, 0.717) is 12.2 Å². The Morgan fingerprint density at radius 3 is 2.75 bits per heavy atom. The fourth-order valence-electron chi connectivity index (χ4n) is 1.08. The summed E-state index contributed by atoms with van der Waals surface area (Å²) in [7, 11) is 1.56. The average molecular weight is 168 g/mol. The van der Waals surface area contributed by atoms with Crippen molar-refractivity contribution >= 4 is 0 Å². The zero-order valence-corrected chi connectivity index (χ0v) is 6.95. The van der Waals surface area contributed by atoms with Gasteiger partial charge in [0.15, 0.2) is 0 Å². The molecule has 2 N–H and O–H groups in total. The van der Waals surface area contributed by atoms with Crippen LogP contribution in [0.15, 0.2) is 18.2 Å². The van der Waals surface area contributed by atoms with Crippen LogP contribution < -0.4 is 4.74 Å². The van der Waals surface area contributed by atoms with Gasteiger partial charge in [0.2, 0.25) is 0 Å². The number of methoxy groups -OCH3 is 1. The number of benzene rings is 1. The highest BCUT2D eigenvalue weighted by atomic mass is 16.5. The monoisotopic (exact) mass is 168 g/mol. The molecule has 3 heteroatoms. The minimum absolute atomic E-state index is 0.0554. The van der Waals surface area contributed by atoms with E-state index in [4.69, 9.17) is 14.9 Å². The molecule has 0 fully saturated rings. The summed E-state index contributed by atoms with van der Waals surface area (Å²) in [5.74, 6) is 0.890. The van der Waals surface area contributed by atoms with E-state index < -0.39 is 0 Å². The molecule has 0 aliphatic heterocycles. The molecule has 0 atom stereocenters. The normalized spacial score (nSPS) is 9.83. The number of phenolic OH excluding ortho intramolecular Hbond substituents is 1. The summed E-state index contributed by atoms with van der Waals surface area (Å²) in [6, 6.07) is 4.83. The number of rotatable bonds is 3. The molecule has 0 spiro atoms. The van der Waals surface area contributed by atoms with E-state index in [9.17, 15) is 0 Å². The van der Waals surface area contributed by atoms with Crippen molar-refractivity contribution in [3.63, 3.8) is 0 Å². The van der Waals surface area contributed by atoms with Crippen LogP contribution >= 0.6 is 0 Å². The lowest BCUT2D eigenvalue weighted by atomic mass is 10.1. The van der Waals surface area contributed by atoms with Gasteiger partial charge in [-0.25, -0.2) is 0 Å². The number of hydrogen-bond acceptors (Lipinski definition) is 3. The van der Waals surface area contributed by atoms with E-state index in [-0.39, 0.29) is 12.4 Å². The van der Waals surface area contributed by atoms with Crippen molar-refractivity contribution in [2.45, 2.75) is 6.42 Å². The minimum atomic E-state index is 0.0554. The van der Waals surface area contributed by atoms with Crippen LogP contribution in [0.5, 0.6) is 11.5 Å². The Hall–Kier alpha value is -1.22. The lowest BCUT2D eigenvalue weighted by Gasteiger charge is -2.06. The van der Waals surface area contributed by atoms with Gasteiger partial charge in [0, 0.05) is 12.2 Å². The van der Waals surface area contributed by atoms with E-state index in [1.54, 1.807) is 25.3 Å². The van der Waals surface area contributed by atoms with Crippen molar-refractivity contribution in [2.24, 2.45) is 0 Å². The predicted molar refractivity (Wildman–Crippen MR) is 45.4 cm³/mol. The third-order valence-corrected chi connectivity index (χ3v) is 1.65. The summed E-state index contributed by atoms with van der Waals surface area (Å²) in [6.45, 7) is 0.0554. The van der Waals surface area contributed by atoms with Gasteiger partial charge in [-0.2, -0.15) is 0 Å². The highest BCUT2D eigenvalue weighted by Crippen LogP contribution is 2.23. The first kappa shape index (κ1) is 8.87. The molecule has 1 rings (SSSR count). The van der Waals surface area contributed by atoms with Gasteiger partial charge in [0.25, 0.3) is 0 Å². The van der Waals surface area contributed by atoms with Crippen LogP contribution in [0.3, 0.4) is 0 Å². The maximum atomic E-state index is 9.12. The smallest absolute Gasteiger partial charge is 0.122 e. The van der Waals surface area contributed by atoms with Gasteiger partial charge < -0.3 is 14.9 Å². The van der Waals surface area contributed by atoms with E-state index in [2.05, 4.69) is 0 Å². The molecule has 0 saturated heterocycles. The zero-order chi connectivity index (χ0) is 8.97. The van der Waals surface area contributed by atoms with E-state index >= 15 is 0 Å². The molecule has 1 aromatic rings. The van der Waals surface area contributed by atoms with Crippen LogP contribution in [-0.4, -0.2) is 23.9 Å². The molecule has 0 aliphatic rings. The Bertz CT molecular complexity index is 258. The summed E-state index contributed by atoms with van der Waals surface area (Å²) in [6.07, 6.45) is 0.498. The standard InChI is InChI=1S/C9H12O3/c1-12-9-3-2-8(11)6-7(9)4-5-10/h2-3,6,10-11H,4-5H2,1H3. The Labute approximate surface area is 71.2 Å². The van der Waals surface area contributed by atoms with Crippen LogP contribution in [0, 0.1) is 0 Å². The van der Waals surface area contributed by atoms with Gasteiger partial charge >= 0.3 is 0 Å². The van der Waals surface area contributed by atoms with Gasteiger partial charge in [-0.1, -0.05) is 0 Å². The second-order valence-electron chi connectivity index (χ2n) is 2.47. The van der Waals surface area contributed by atoms with Crippen LogP contribution in [0.25, 0.3) is 0 Å². The maximum absolute atomic E-state index is 9.12.